The molecule has 0 bridgehead atoms. The molecule has 1 heterocycles. The monoisotopic (exact) mass is 261 g/mol. The van der Waals surface area contributed by atoms with E-state index in [0.29, 0.717) is 11.4 Å². The van der Waals surface area contributed by atoms with Crippen LogP contribution >= 0.6 is 0 Å². The molecule has 1 atom stereocenters. The molecular weight excluding hydrogens is 249 g/mol. The number of H-pyrrole nitrogens is 1. The number of rotatable bonds is 4. The van der Waals surface area contributed by atoms with E-state index < -0.39 is 0 Å². The Kier molecular flexibility index (Phi) is 3.97. The third kappa shape index (κ3) is 3.44. The van der Waals surface area contributed by atoms with E-state index in [0.717, 1.165) is 0 Å². The predicted octanol–water partition coefficient (Wildman–Crippen LogP) is 1.23. The first-order valence-electron chi connectivity index (χ1n) is 5.63. The van der Waals surface area contributed by atoms with Crippen molar-refractivity contribution in [1.82, 2.24) is 25.9 Å². The van der Waals surface area contributed by atoms with Gasteiger partial charge in [-0.2, -0.15) is 5.21 Å². The number of tetrazole rings is 1. The molecule has 2 aromatic rings. The van der Waals surface area contributed by atoms with Gasteiger partial charge in [0.1, 0.15) is 5.82 Å². The quantitative estimate of drug-likeness (QED) is 0.811. The van der Waals surface area contributed by atoms with Gasteiger partial charge in [0.15, 0.2) is 5.82 Å². The smallest absolute Gasteiger partial charge is 0.244 e. The SMILES string of the molecule is CC(NC(=O)C=Cc1ccccc1F)c1nn[nH]n1. The topological polar surface area (TPSA) is 83.6 Å². The van der Waals surface area contributed by atoms with Gasteiger partial charge in [-0.15, -0.1) is 10.2 Å². The number of nitrogens with one attached hydrogen (secondary N) is 2. The zero-order valence-electron chi connectivity index (χ0n) is 10.2. The van der Waals surface area contributed by atoms with Crippen LogP contribution < -0.4 is 5.32 Å². The Labute approximate surface area is 108 Å². The first-order chi connectivity index (χ1) is 9.16. The van der Waals surface area contributed by atoms with Crippen LogP contribution in [0.4, 0.5) is 4.39 Å². The number of hydrogen-bond acceptors (Lipinski definition) is 4. The standard InChI is InChI=1S/C12H12FN5O/c1-8(12-15-17-18-16-12)14-11(19)7-6-9-4-2-3-5-10(9)13/h2-8H,1H3,(H,14,19)(H,15,16,17,18). The van der Waals surface area contributed by atoms with Crippen LogP contribution in [0.1, 0.15) is 24.4 Å². The van der Waals surface area contributed by atoms with Gasteiger partial charge in [0.25, 0.3) is 0 Å². The van der Waals surface area contributed by atoms with Crippen LogP contribution in [0.2, 0.25) is 0 Å². The van der Waals surface area contributed by atoms with Crippen LogP contribution in [-0.4, -0.2) is 26.5 Å². The summed E-state index contributed by atoms with van der Waals surface area (Å²) in [5.41, 5.74) is 0.352. The molecule has 2 rings (SSSR count). The van der Waals surface area contributed by atoms with Crippen molar-refractivity contribution in [3.63, 3.8) is 0 Å². The normalized spacial score (nSPS) is 12.5. The number of aromatic nitrogens is 4. The first-order valence-corrected chi connectivity index (χ1v) is 5.63. The maximum Gasteiger partial charge on any atom is 0.244 e. The average molecular weight is 261 g/mol. The summed E-state index contributed by atoms with van der Waals surface area (Å²) in [6.45, 7) is 1.72. The minimum atomic E-state index is -0.378. The third-order valence-corrected chi connectivity index (χ3v) is 2.43. The van der Waals surface area contributed by atoms with Crippen LogP contribution in [0.5, 0.6) is 0 Å². The molecule has 0 aliphatic heterocycles. The van der Waals surface area contributed by atoms with E-state index in [-0.39, 0.29) is 17.8 Å². The molecule has 19 heavy (non-hydrogen) atoms. The maximum atomic E-state index is 13.3. The Balaban J connectivity index is 1.96. The molecule has 2 N–H and O–H groups in total. The molecule has 1 amide bonds. The number of aromatic amines is 1. The lowest BCUT2D eigenvalue weighted by Gasteiger charge is -2.06. The second-order valence-corrected chi connectivity index (χ2v) is 3.86. The lowest BCUT2D eigenvalue weighted by molar-refractivity contribution is -0.117. The minimum absolute atomic E-state index is 0.352. The minimum Gasteiger partial charge on any atom is -0.343 e. The van der Waals surface area contributed by atoms with E-state index in [2.05, 4.69) is 25.9 Å². The highest BCUT2D eigenvalue weighted by Crippen LogP contribution is 2.08. The summed E-state index contributed by atoms with van der Waals surface area (Å²) < 4.78 is 13.3. The molecule has 0 aliphatic rings. The number of hydrogen-bond donors (Lipinski definition) is 2. The highest BCUT2D eigenvalue weighted by molar-refractivity contribution is 5.91. The van der Waals surface area contributed by atoms with Gasteiger partial charge >= 0.3 is 0 Å². The number of benzene rings is 1. The van der Waals surface area contributed by atoms with E-state index >= 15 is 0 Å². The van der Waals surface area contributed by atoms with Crippen LogP contribution in [0.15, 0.2) is 30.3 Å². The fourth-order valence-electron chi connectivity index (χ4n) is 1.45. The van der Waals surface area contributed by atoms with Gasteiger partial charge in [0, 0.05) is 11.6 Å². The first kappa shape index (κ1) is 12.9. The summed E-state index contributed by atoms with van der Waals surface area (Å²) in [6, 6.07) is 5.83. The van der Waals surface area contributed by atoms with Gasteiger partial charge in [-0.3, -0.25) is 4.79 Å². The van der Waals surface area contributed by atoms with Crippen molar-refractivity contribution in [3.8, 4) is 0 Å². The van der Waals surface area contributed by atoms with Crippen molar-refractivity contribution in [2.45, 2.75) is 13.0 Å². The van der Waals surface area contributed by atoms with Crippen molar-refractivity contribution >= 4 is 12.0 Å². The summed E-state index contributed by atoms with van der Waals surface area (Å²) in [4.78, 5) is 11.6. The number of halogens is 1. The van der Waals surface area contributed by atoms with Gasteiger partial charge in [-0.25, -0.2) is 4.39 Å². The molecule has 1 aromatic heterocycles. The predicted molar refractivity (Wildman–Crippen MR) is 66.2 cm³/mol. The fraction of sp³-hybridized carbons (Fsp3) is 0.167. The van der Waals surface area contributed by atoms with Gasteiger partial charge < -0.3 is 5.32 Å². The Morgan fingerprint density at radius 2 is 2.26 bits per heavy atom. The van der Waals surface area contributed by atoms with Crippen molar-refractivity contribution in [2.24, 2.45) is 0 Å². The van der Waals surface area contributed by atoms with E-state index in [9.17, 15) is 9.18 Å². The molecule has 0 aliphatic carbocycles. The molecule has 7 heteroatoms. The third-order valence-electron chi connectivity index (χ3n) is 2.43. The zero-order valence-corrected chi connectivity index (χ0v) is 10.2. The van der Waals surface area contributed by atoms with E-state index in [4.69, 9.17) is 0 Å². The Morgan fingerprint density at radius 1 is 1.47 bits per heavy atom. The summed E-state index contributed by atoms with van der Waals surface area (Å²) in [7, 11) is 0. The molecule has 1 aromatic carbocycles. The van der Waals surface area contributed by atoms with Gasteiger partial charge in [0.05, 0.1) is 6.04 Å². The highest BCUT2D eigenvalue weighted by atomic mass is 19.1. The number of amides is 1. The molecule has 0 spiro atoms. The Bertz CT molecular complexity index is 582. The second-order valence-electron chi connectivity index (χ2n) is 3.86. The molecule has 0 fully saturated rings. The Morgan fingerprint density at radius 3 is 2.95 bits per heavy atom. The van der Waals surface area contributed by atoms with Crippen molar-refractivity contribution < 1.29 is 9.18 Å². The lowest BCUT2D eigenvalue weighted by Crippen LogP contribution is -2.25. The van der Waals surface area contributed by atoms with Crippen molar-refractivity contribution in [1.29, 1.82) is 0 Å². The maximum absolute atomic E-state index is 13.3. The van der Waals surface area contributed by atoms with E-state index in [1.807, 2.05) is 0 Å². The summed E-state index contributed by atoms with van der Waals surface area (Å²) in [5, 5.41) is 15.9. The van der Waals surface area contributed by atoms with E-state index in [1.54, 1.807) is 25.1 Å². The molecule has 6 nitrogen and oxygen atoms in total. The highest BCUT2D eigenvalue weighted by Gasteiger charge is 2.11. The fourth-order valence-corrected chi connectivity index (χ4v) is 1.45. The van der Waals surface area contributed by atoms with Crippen LogP contribution in [0.25, 0.3) is 6.08 Å². The lowest BCUT2D eigenvalue weighted by atomic mass is 10.2. The number of carbonyl (C=O) groups excluding carboxylic acids is 1. The molecular formula is C12H12FN5O. The zero-order chi connectivity index (χ0) is 13.7. The van der Waals surface area contributed by atoms with Gasteiger partial charge in [-0.05, 0) is 19.1 Å². The Hall–Kier alpha value is -2.57. The summed E-state index contributed by atoms with van der Waals surface area (Å²) in [6.07, 6.45) is 2.67. The molecule has 0 saturated heterocycles. The largest absolute Gasteiger partial charge is 0.343 e. The van der Waals surface area contributed by atoms with Crippen LogP contribution in [0, 0.1) is 5.82 Å². The molecule has 0 saturated carbocycles. The van der Waals surface area contributed by atoms with Gasteiger partial charge in [-0.1, -0.05) is 23.4 Å². The molecule has 0 radical (unpaired) electrons. The molecule has 98 valence electrons. The average Bonchev–Trinajstić information content (AvgIpc) is 2.91. The molecule has 1 unspecified atom stereocenters. The van der Waals surface area contributed by atoms with Crippen molar-refractivity contribution in [2.75, 3.05) is 0 Å². The van der Waals surface area contributed by atoms with Crippen molar-refractivity contribution in [3.05, 3.63) is 47.5 Å². The number of nitrogens with zero attached hydrogens (tertiary/aromatic N) is 3. The van der Waals surface area contributed by atoms with Crippen LogP contribution in [0.3, 0.4) is 0 Å². The number of carbonyl (C=O) groups is 1. The van der Waals surface area contributed by atoms with Gasteiger partial charge in [0.2, 0.25) is 5.91 Å². The van der Waals surface area contributed by atoms with E-state index in [1.165, 1.54) is 18.2 Å². The van der Waals surface area contributed by atoms with Crippen LogP contribution in [-0.2, 0) is 4.79 Å². The summed E-state index contributed by atoms with van der Waals surface area (Å²) in [5.74, 6) is -0.356. The summed E-state index contributed by atoms with van der Waals surface area (Å²) >= 11 is 0. The second kappa shape index (κ2) is 5.85.